The largest absolute Gasteiger partial charge is 0.549 e. The van der Waals surface area contributed by atoms with Gasteiger partial charge in [-0.2, -0.15) is 0 Å². The van der Waals surface area contributed by atoms with Gasteiger partial charge in [0.2, 0.25) is 23.6 Å². The predicted octanol–water partition coefficient (Wildman–Crippen LogP) is -8.57. The number of aromatic amines is 1. The summed E-state index contributed by atoms with van der Waals surface area (Å²) in [6.45, 7) is -2.23. The predicted molar refractivity (Wildman–Crippen MR) is 264 cm³/mol. The number of aliphatic carboxylic acids is 5. The Hall–Kier alpha value is -7.28. The minimum absolute atomic E-state index is 0.00667. The molecule has 0 radical (unpaired) electrons. The van der Waals surface area contributed by atoms with Crippen LogP contribution in [0, 0.1) is 11.8 Å². The van der Waals surface area contributed by atoms with Crippen molar-refractivity contribution in [3.63, 3.8) is 0 Å². The Bertz CT molecular complexity index is 2290. The van der Waals surface area contributed by atoms with Gasteiger partial charge in [0.1, 0.15) is 18.1 Å². The van der Waals surface area contributed by atoms with E-state index in [4.69, 9.17) is 10.8 Å². The number of ketones is 2. The molecule has 1 aromatic carbocycles. The summed E-state index contributed by atoms with van der Waals surface area (Å²) in [4.78, 5) is 152. The van der Waals surface area contributed by atoms with E-state index >= 15 is 0 Å². The van der Waals surface area contributed by atoms with Gasteiger partial charge in [-0.1, -0.05) is 30.3 Å². The summed E-state index contributed by atoms with van der Waals surface area (Å²) < 4.78 is 0. The van der Waals surface area contributed by atoms with Crippen LogP contribution in [0.2, 0.25) is 0 Å². The van der Waals surface area contributed by atoms with Gasteiger partial charge < -0.3 is 82.1 Å². The van der Waals surface area contributed by atoms with Crippen molar-refractivity contribution >= 4 is 65.0 Å². The number of benzene rings is 1. The highest BCUT2D eigenvalue weighted by Gasteiger charge is 2.34. The first kappa shape index (κ1) is 65.0. The maximum absolute atomic E-state index is 14.0. The molecule has 29 heteroatoms. The van der Waals surface area contributed by atoms with Crippen LogP contribution in [0.5, 0.6) is 0 Å². The van der Waals surface area contributed by atoms with Gasteiger partial charge >= 0.3 is 11.9 Å². The third kappa shape index (κ3) is 23.9. The zero-order valence-electron chi connectivity index (χ0n) is 43.2. The van der Waals surface area contributed by atoms with Crippen molar-refractivity contribution in [1.29, 1.82) is 0 Å². The number of nitrogens with one attached hydrogen (secondary N) is 5. The third-order valence-electron chi connectivity index (χ3n) is 12.9. The lowest BCUT2D eigenvalue weighted by Gasteiger charge is -2.36. The number of carboxylic acid groups (broad SMARTS) is 5. The number of carbonyl (C=O) groups excluding carboxylic acids is 9. The molecule has 2 aromatic rings. The lowest BCUT2D eigenvalue weighted by molar-refractivity contribution is -0.308. The number of aliphatic hydroxyl groups is 2. The number of aromatic nitrogens is 2. The van der Waals surface area contributed by atoms with Crippen LogP contribution in [0.15, 0.2) is 42.9 Å². The molecule has 7 atom stereocenters. The second-order valence-electron chi connectivity index (χ2n) is 18.9. The molecule has 1 fully saturated rings. The molecule has 2 heterocycles. The first-order chi connectivity index (χ1) is 37.0. The molecular weight excluding hydrogens is 1030 g/mol. The van der Waals surface area contributed by atoms with Crippen molar-refractivity contribution in [2.75, 3.05) is 91.8 Å². The van der Waals surface area contributed by atoms with Crippen LogP contribution in [0.1, 0.15) is 50.3 Å². The number of H-pyrrole nitrogens is 1. The summed E-state index contributed by atoms with van der Waals surface area (Å²) in [6.07, 6.45) is 0.593. The molecule has 432 valence electrons. The first-order valence-corrected chi connectivity index (χ1v) is 25.2. The van der Waals surface area contributed by atoms with Crippen LogP contribution in [0.25, 0.3) is 0 Å². The molecular formula is C49H70N11O18-3. The van der Waals surface area contributed by atoms with E-state index in [0.29, 0.717) is 11.3 Å². The monoisotopic (exact) mass is 1100 g/mol. The average Bonchev–Trinajstić information content (AvgIpc) is 3.89. The fraction of sp³-hybridized carbons (Fsp3) is 0.592. The summed E-state index contributed by atoms with van der Waals surface area (Å²) in [5.41, 5.74) is 6.60. The lowest BCUT2D eigenvalue weighted by atomic mass is 9.90. The van der Waals surface area contributed by atoms with Crippen molar-refractivity contribution in [2.45, 2.75) is 82.1 Å². The van der Waals surface area contributed by atoms with Crippen molar-refractivity contribution in [3.8, 4) is 0 Å². The molecule has 1 aliphatic heterocycles. The number of nitrogens with zero attached hydrogens (tertiary/aromatic N) is 5. The zero-order valence-corrected chi connectivity index (χ0v) is 43.2. The number of hydrogen-bond acceptors (Lipinski definition) is 22. The van der Waals surface area contributed by atoms with Gasteiger partial charge in [0.25, 0.3) is 0 Å². The van der Waals surface area contributed by atoms with Gasteiger partial charge in [-0.05, 0) is 31.7 Å². The normalized spacial score (nSPS) is 17.0. The summed E-state index contributed by atoms with van der Waals surface area (Å²) in [5.74, 6) is -14.4. The number of hydrogen-bond donors (Lipinski definition) is 10. The van der Waals surface area contributed by atoms with E-state index in [1.165, 1.54) is 39.0 Å². The average molecular weight is 1100 g/mol. The van der Waals surface area contributed by atoms with Crippen molar-refractivity contribution in [1.82, 2.24) is 50.8 Å². The number of aliphatic hydroxyl groups excluding tert-OH is 2. The van der Waals surface area contributed by atoms with Crippen molar-refractivity contribution in [3.05, 3.63) is 54.1 Å². The molecule has 0 spiro atoms. The molecule has 0 bridgehead atoms. The molecule has 4 amide bonds. The van der Waals surface area contributed by atoms with E-state index in [9.17, 15) is 83.4 Å². The fourth-order valence-electron chi connectivity index (χ4n) is 8.54. The number of amides is 4. The number of carbonyl (C=O) groups is 11. The minimum Gasteiger partial charge on any atom is -0.549 e. The Morgan fingerprint density at radius 3 is 1.63 bits per heavy atom. The Morgan fingerprint density at radius 2 is 1.15 bits per heavy atom. The maximum Gasteiger partial charge on any atom is 0.320 e. The highest BCUT2D eigenvalue weighted by atomic mass is 16.4. The quantitative estimate of drug-likeness (QED) is 0.0297. The smallest absolute Gasteiger partial charge is 0.320 e. The van der Waals surface area contributed by atoms with Gasteiger partial charge in [0.05, 0.1) is 61.9 Å². The van der Waals surface area contributed by atoms with E-state index in [1.54, 1.807) is 30.3 Å². The van der Waals surface area contributed by atoms with Gasteiger partial charge in [0, 0.05) is 116 Å². The van der Waals surface area contributed by atoms with Crippen LogP contribution in [0.3, 0.4) is 0 Å². The van der Waals surface area contributed by atoms with E-state index in [1.807, 2.05) is 0 Å². The standard InChI is InChI=1S/C49H73N11O18/c1-30(54-47(75)35(50)22-41(65)66)39(63)20-33(19-34-23-51-29-53-34)46(74)55-36(27-61)40(64)21-32(18-31-6-3-2-4-7-31)45(73)56-37(28-62)48(76)52-9-5-8-38(49(77)78)60-16-14-58(25-43(69)70)12-10-57(24-42(67)68)11-13-59(15-17-60)26-44(71)72/h2-4,6-7,23,29-30,32-33,35-38,61-62H,5,8-22,24-28,50H2,1H3,(H,51,53)(H,52,76)(H,54,75)(H,55,74)(H,56,73)(H,65,66)(H,67,68)(H,69,70)(H,71,72)(H,77,78)/p-3/t30-,32+,33+,35-,36-,37?,38?/m0/s1. The maximum atomic E-state index is 14.0. The van der Waals surface area contributed by atoms with E-state index in [2.05, 4.69) is 31.2 Å². The lowest BCUT2D eigenvalue weighted by Crippen LogP contribution is -2.53. The molecule has 11 N–H and O–H groups in total. The summed E-state index contributed by atoms with van der Waals surface area (Å²) >= 11 is 0. The number of Topliss-reactive ketones (excluding diaryl/α,β-unsaturated/α-hetero) is 2. The highest BCUT2D eigenvalue weighted by molar-refractivity contribution is 5.97. The van der Waals surface area contributed by atoms with Crippen molar-refractivity contribution in [2.24, 2.45) is 17.6 Å². The summed E-state index contributed by atoms with van der Waals surface area (Å²) in [5, 5.41) is 84.4. The van der Waals surface area contributed by atoms with Crippen LogP contribution in [0.4, 0.5) is 0 Å². The van der Waals surface area contributed by atoms with Gasteiger partial charge in [0.15, 0.2) is 11.6 Å². The molecule has 1 aliphatic rings. The fourth-order valence-corrected chi connectivity index (χ4v) is 8.54. The van der Waals surface area contributed by atoms with E-state index in [-0.39, 0.29) is 84.6 Å². The molecule has 1 saturated heterocycles. The SMILES string of the molecule is C[C@H](NC(=O)[C@@H](N)CC(=O)O)C(=O)C[C@@H](Cc1cnc[nH]1)C(=O)N[C@@H](CO)C(=O)C[C@@H](Cc1ccccc1)C(=O)NC(CO)C(=O)NCCCC(C(=O)O)N1CCN(CC(=O)[O-])CCN(CC(=O)[O-])CCN(CC(=O)[O-])CC1. The van der Waals surface area contributed by atoms with Crippen LogP contribution in [-0.4, -0.2) is 237 Å². The van der Waals surface area contributed by atoms with Crippen LogP contribution >= 0.6 is 0 Å². The second-order valence-corrected chi connectivity index (χ2v) is 18.9. The Kier molecular flexibility index (Phi) is 28.2. The molecule has 29 nitrogen and oxygen atoms in total. The van der Waals surface area contributed by atoms with Crippen LogP contribution < -0.4 is 42.3 Å². The molecule has 2 unspecified atom stereocenters. The van der Waals surface area contributed by atoms with Gasteiger partial charge in [-0.25, -0.2) is 4.98 Å². The molecule has 0 saturated carbocycles. The topological polar surface area (TPSA) is 454 Å². The van der Waals surface area contributed by atoms with E-state index in [0.717, 1.165) is 0 Å². The number of nitrogens with two attached hydrogens (primary N) is 1. The molecule has 3 rings (SSSR count). The number of imidazole rings is 1. The van der Waals surface area contributed by atoms with E-state index < -0.39 is 159 Å². The third-order valence-corrected chi connectivity index (χ3v) is 12.9. The zero-order chi connectivity index (χ0) is 57.9. The highest BCUT2D eigenvalue weighted by Crippen LogP contribution is 2.18. The van der Waals surface area contributed by atoms with Crippen molar-refractivity contribution < 1.29 is 88.5 Å². The number of carboxylic acids is 5. The summed E-state index contributed by atoms with van der Waals surface area (Å²) in [7, 11) is 0. The Balaban J connectivity index is 1.72. The second kappa shape index (κ2) is 33.8. The number of rotatable bonds is 33. The molecule has 1 aromatic heterocycles. The Morgan fingerprint density at radius 1 is 0.654 bits per heavy atom. The van der Waals surface area contributed by atoms with Gasteiger partial charge in [-0.15, -0.1) is 0 Å². The molecule has 0 aliphatic carbocycles. The molecule has 78 heavy (non-hydrogen) atoms. The van der Waals surface area contributed by atoms with Gasteiger partial charge in [-0.3, -0.25) is 58.0 Å². The Labute approximate surface area is 448 Å². The first-order valence-electron chi connectivity index (χ1n) is 25.2. The minimum atomic E-state index is -1.61. The summed E-state index contributed by atoms with van der Waals surface area (Å²) in [6, 6.07) is 1.27. The van der Waals surface area contributed by atoms with Crippen LogP contribution in [-0.2, 0) is 65.6 Å².